The molecule has 1 saturated heterocycles. The molecule has 4 nitrogen and oxygen atoms in total. The summed E-state index contributed by atoms with van der Waals surface area (Å²) in [5.74, 6) is 0. The molecule has 104 valence electrons. The van der Waals surface area contributed by atoms with E-state index in [2.05, 4.69) is 13.8 Å². The van der Waals surface area contributed by atoms with Gasteiger partial charge in [0.15, 0.2) is 0 Å². The van der Waals surface area contributed by atoms with Crippen LogP contribution in [-0.4, -0.2) is 30.8 Å². The van der Waals surface area contributed by atoms with Crippen LogP contribution in [-0.2, 0) is 10.0 Å². The van der Waals surface area contributed by atoms with Gasteiger partial charge < -0.3 is 5.73 Å². The highest BCUT2D eigenvalue weighted by atomic mass is 32.2. The number of sulfonamides is 1. The standard InChI is InChI=1S/C13H18N2O2S2/c1-13(2)7-8-15(9-13)19(16,17)11-6-4-3-5-10(11)12(14)18/h3-6H,7-9H2,1-2H3,(H2,14,18). The molecule has 2 rings (SSSR count). The maximum atomic E-state index is 12.7. The average Bonchev–Trinajstić information content (AvgIpc) is 2.70. The Labute approximate surface area is 119 Å². The fraction of sp³-hybridized carbons (Fsp3) is 0.462. The van der Waals surface area contributed by atoms with Crippen LogP contribution in [0.5, 0.6) is 0 Å². The molecular formula is C13H18N2O2S2. The topological polar surface area (TPSA) is 63.4 Å². The highest BCUT2D eigenvalue weighted by Crippen LogP contribution is 2.33. The first-order valence-corrected chi connectivity index (χ1v) is 7.98. The van der Waals surface area contributed by atoms with Crippen molar-refractivity contribution < 1.29 is 8.42 Å². The molecule has 0 aliphatic carbocycles. The Hall–Kier alpha value is -0.980. The van der Waals surface area contributed by atoms with Gasteiger partial charge in [-0.1, -0.05) is 44.3 Å². The first-order chi connectivity index (χ1) is 8.74. The van der Waals surface area contributed by atoms with Crippen LogP contribution >= 0.6 is 12.2 Å². The van der Waals surface area contributed by atoms with E-state index < -0.39 is 10.0 Å². The van der Waals surface area contributed by atoms with Crippen molar-refractivity contribution in [2.75, 3.05) is 13.1 Å². The second-order valence-corrected chi connectivity index (χ2v) is 7.96. The lowest BCUT2D eigenvalue weighted by Gasteiger charge is -2.20. The first kappa shape index (κ1) is 14.4. The molecule has 0 bridgehead atoms. The van der Waals surface area contributed by atoms with Gasteiger partial charge in [0.05, 0.1) is 4.90 Å². The van der Waals surface area contributed by atoms with Crippen molar-refractivity contribution in [3.63, 3.8) is 0 Å². The molecule has 1 aromatic carbocycles. The van der Waals surface area contributed by atoms with Gasteiger partial charge in [0.2, 0.25) is 10.0 Å². The van der Waals surface area contributed by atoms with Crippen molar-refractivity contribution >= 4 is 27.2 Å². The van der Waals surface area contributed by atoms with Crippen molar-refractivity contribution in [1.82, 2.24) is 4.31 Å². The lowest BCUT2D eigenvalue weighted by atomic mass is 9.93. The molecule has 0 spiro atoms. The summed E-state index contributed by atoms with van der Waals surface area (Å²) in [5.41, 5.74) is 6.05. The Morgan fingerprint density at radius 1 is 1.37 bits per heavy atom. The summed E-state index contributed by atoms with van der Waals surface area (Å²) >= 11 is 4.93. The SMILES string of the molecule is CC1(C)CCN(S(=O)(=O)c2ccccc2C(N)=S)C1. The zero-order chi connectivity index (χ0) is 14.3. The molecule has 0 aromatic heterocycles. The smallest absolute Gasteiger partial charge is 0.243 e. The van der Waals surface area contributed by atoms with Crippen LogP contribution in [0.3, 0.4) is 0 Å². The molecule has 0 radical (unpaired) electrons. The van der Waals surface area contributed by atoms with Crippen LogP contribution in [0.15, 0.2) is 29.2 Å². The minimum absolute atomic E-state index is 0.0191. The molecule has 2 N–H and O–H groups in total. The van der Waals surface area contributed by atoms with Crippen LogP contribution in [0.1, 0.15) is 25.8 Å². The third-order valence-electron chi connectivity index (χ3n) is 3.41. The molecule has 1 fully saturated rings. The number of hydrogen-bond acceptors (Lipinski definition) is 3. The largest absolute Gasteiger partial charge is 0.389 e. The van der Waals surface area contributed by atoms with E-state index in [0.717, 1.165) is 6.42 Å². The van der Waals surface area contributed by atoms with Crippen LogP contribution in [0.2, 0.25) is 0 Å². The normalized spacial score (nSPS) is 19.5. The number of nitrogens with two attached hydrogens (primary N) is 1. The second-order valence-electron chi connectivity index (χ2n) is 5.61. The van der Waals surface area contributed by atoms with Gasteiger partial charge in [-0.3, -0.25) is 0 Å². The molecule has 1 aliphatic rings. The van der Waals surface area contributed by atoms with E-state index in [-0.39, 0.29) is 15.3 Å². The number of thiocarbonyl (C=S) groups is 1. The summed E-state index contributed by atoms with van der Waals surface area (Å²) in [5, 5.41) is 0. The van der Waals surface area contributed by atoms with E-state index in [1.165, 1.54) is 4.31 Å². The molecule has 0 atom stereocenters. The fourth-order valence-electron chi connectivity index (χ4n) is 2.30. The molecule has 0 unspecified atom stereocenters. The Morgan fingerprint density at radius 3 is 2.53 bits per heavy atom. The number of nitrogens with zero attached hydrogens (tertiary/aromatic N) is 1. The van der Waals surface area contributed by atoms with Gasteiger partial charge in [-0.25, -0.2) is 8.42 Å². The number of benzene rings is 1. The summed E-state index contributed by atoms with van der Waals surface area (Å²) < 4.78 is 26.8. The van der Waals surface area contributed by atoms with Crippen LogP contribution in [0.25, 0.3) is 0 Å². The van der Waals surface area contributed by atoms with Crippen molar-refractivity contribution in [2.45, 2.75) is 25.2 Å². The molecule has 1 aliphatic heterocycles. The number of rotatable bonds is 3. The Balaban J connectivity index is 2.44. The summed E-state index contributed by atoms with van der Waals surface area (Å²) in [7, 11) is -3.52. The van der Waals surface area contributed by atoms with E-state index in [1.54, 1.807) is 24.3 Å². The Bertz CT molecular complexity index is 609. The molecule has 0 saturated carbocycles. The van der Waals surface area contributed by atoms with Crippen LogP contribution in [0, 0.1) is 5.41 Å². The van der Waals surface area contributed by atoms with Crippen molar-refractivity contribution in [3.05, 3.63) is 29.8 Å². The minimum atomic E-state index is -3.52. The third-order valence-corrected chi connectivity index (χ3v) is 5.54. The van der Waals surface area contributed by atoms with Gasteiger partial charge in [0.1, 0.15) is 4.99 Å². The van der Waals surface area contributed by atoms with Gasteiger partial charge in [-0.15, -0.1) is 0 Å². The van der Waals surface area contributed by atoms with Gasteiger partial charge in [0, 0.05) is 18.7 Å². The van der Waals surface area contributed by atoms with Crippen molar-refractivity contribution in [2.24, 2.45) is 11.1 Å². The molecule has 0 amide bonds. The van der Waals surface area contributed by atoms with E-state index in [1.807, 2.05) is 0 Å². The zero-order valence-corrected chi connectivity index (χ0v) is 12.7. The monoisotopic (exact) mass is 298 g/mol. The first-order valence-electron chi connectivity index (χ1n) is 6.13. The lowest BCUT2D eigenvalue weighted by Crippen LogP contribution is -2.32. The molecule has 1 aromatic rings. The van der Waals surface area contributed by atoms with E-state index in [9.17, 15) is 8.42 Å². The number of hydrogen-bond donors (Lipinski definition) is 1. The van der Waals surface area contributed by atoms with E-state index in [0.29, 0.717) is 18.7 Å². The van der Waals surface area contributed by atoms with Gasteiger partial charge in [-0.05, 0) is 17.9 Å². The predicted molar refractivity (Wildman–Crippen MR) is 79.5 cm³/mol. The van der Waals surface area contributed by atoms with Gasteiger partial charge in [-0.2, -0.15) is 4.31 Å². The maximum absolute atomic E-state index is 12.7. The highest BCUT2D eigenvalue weighted by molar-refractivity contribution is 7.89. The van der Waals surface area contributed by atoms with Crippen LogP contribution in [0.4, 0.5) is 0 Å². The lowest BCUT2D eigenvalue weighted by molar-refractivity contribution is 0.375. The van der Waals surface area contributed by atoms with Crippen molar-refractivity contribution in [1.29, 1.82) is 0 Å². The maximum Gasteiger partial charge on any atom is 0.243 e. The van der Waals surface area contributed by atoms with Crippen molar-refractivity contribution in [3.8, 4) is 0 Å². The van der Waals surface area contributed by atoms with E-state index >= 15 is 0 Å². The summed E-state index contributed by atoms with van der Waals surface area (Å²) in [6.45, 7) is 5.21. The summed E-state index contributed by atoms with van der Waals surface area (Å²) in [4.78, 5) is 0.317. The molecule has 6 heteroatoms. The van der Waals surface area contributed by atoms with Gasteiger partial charge in [0.25, 0.3) is 0 Å². The molecule has 1 heterocycles. The third kappa shape index (κ3) is 2.80. The Morgan fingerprint density at radius 2 is 2.00 bits per heavy atom. The second kappa shape index (κ2) is 4.85. The molecule has 19 heavy (non-hydrogen) atoms. The highest BCUT2D eigenvalue weighted by Gasteiger charge is 2.37. The van der Waals surface area contributed by atoms with E-state index in [4.69, 9.17) is 18.0 Å². The summed E-state index contributed by atoms with van der Waals surface area (Å²) in [6.07, 6.45) is 0.863. The quantitative estimate of drug-likeness (QED) is 0.863. The van der Waals surface area contributed by atoms with Gasteiger partial charge >= 0.3 is 0 Å². The predicted octanol–water partition coefficient (Wildman–Crippen LogP) is 1.74. The van der Waals surface area contributed by atoms with Crippen LogP contribution < -0.4 is 5.73 Å². The average molecular weight is 298 g/mol. The minimum Gasteiger partial charge on any atom is -0.389 e. The fourth-order valence-corrected chi connectivity index (χ4v) is 4.38. The zero-order valence-electron chi connectivity index (χ0n) is 11.1. The Kier molecular flexibility index (Phi) is 3.68. The summed E-state index contributed by atoms with van der Waals surface area (Å²) in [6, 6.07) is 6.64. The molecular weight excluding hydrogens is 280 g/mol.